The third-order valence-electron chi connectivity index (χ3n) is 4.94. The first-order valence-electron chi connectivity index (χ1n) is 10.00. The largest absolute Gasteiger partial charge is 0.495 e. The van der Waals surface area contributed by atoms with E-state index < -0.39 is 0 Å². The molecule has 0 N–H and O–H groups in total. The highest BCUT2D eigenvalue weighted by Crippen LogP contribution is 2.40. The Morgan fingerprint density at radius 2 is 1.78 bits per heavy atom. The summed E-state index contributed by atoms with van der Waals surface area (Å²) in [5.74, 6) is 1.76. The van der Waals surface area contributed by atoms with Crippen molar-refractivity contribution in [2.24, 2.45) is 0 Å². The topological polar surface area (TPSA) is 73.8 Å². The van der Waals surface area contributed by atoms with Crippen LogP contribution in [0.2, 0.25) is 0 Å². The van der Waals surface area contributed by atoms with E-state index >= 15 is 0 Å². The molecule has 32 heavy (non-hydrogen) atoms. The van der Waals surface area contributed by atoms with Gasteiger partial charge in [0.05, 0.1) is 20.8 Å². The predicted molar refractivity (Wildman–Crippen MR) is 125 cm³/mol. The SMILES string of the molecule is COc1ccc(OC)c2sc(N(Cc3cccnc3)C(=O)COc3ccccc3C)nc12. The summed E-state index contributed by atoms with van der Waals surface area (Å²) < 4.78 is 17.6. The summed E-state index contributed by atoms with van der Waals surface area (Å²) in [7, 11) is 3.20. The Labute approximate surface area is 190 Å². The standard InChI is InChI=1S/C24H23N3O4S/c1-16-7-4-5-9-18(16)31-15-21(28)27(14-17-8-6-12-25-13-17)24-26-22-19(29-2)10-11-20(30-3)23(22)32-24/h4-13H,14-15H2,1-3H3. The van der Waals surface area contributed by atoms with Gasteiger partial charge in [0, 0.05) is 12.4 Å². The molecule has 7 nitrogen and oxygen atoms in total. The van der Waals surface area contributed by atoms with Crippen molar-refractivity contribution >= 4 is 32.6 Å². The van der Waals surface area contributed by atoms with Crippen molar-refractivity contribution in [3.8, 4) is 17.2 Å². The summed E-state index contributed by atoms with van der Waals surface area (Å²) in [6.45, 7) is 2.14. The molecule has 0 saturated carbocycles. The fourth-order valence-electron chi connectivity index (χ4n) is 3.26. The molecule has 4 rings (SSSR count). The number of hydrogen-bond donors (Lipinski definition) is 0. The molecule has 0 unspecified atom stereocenters. The van der Waals surface area contributed by atoms with E-state index in [9.17, 15) is 4.79 Å². The molecule has 0 aliphatic rings. The lowest BCUT2D eigenvalue weighted by Gasteiger charge is -2.20. The minimum Gasteiger partial charge on any atom is -0.495 e. The number of pyridine rings is 1. The molecule has 0 aliphatic carbocycles. The maximum absolute atomic E-state index is 13.3. The van der Waals surface area contributed by atoms with Crippen LogP contribution in [0.25, 0.3) is 10.2 Å². The van der Waals surface area contributed by atoms with Gasteiger partial charge in [-0.2, -0.15) is 0 Å². The summed E-state index contributed by atoms with van der Waals surface area (Å²) in [5.41, 5.74) is 2.50. The van der Waals surface area contributed by atoms with E-state index in [1.54, 1.807) is 37.6 Å². The van der Waals surface area contributed by atoms with Crippen LogP contribution in [0.1, 0.15) is 11.1 Å². The highest BCUT2D eigenvalue weighted by Gasteiger charge is 2.23. The fourth-order valence-corrected chi connectivity index (χ4v) is 4.35. The number of thiazole rings is 1. The van der Waals surface area contributed by atoms with Crippen LogP contribution < -0.4 is 19.1 Å². The van der Waals surface area contributed by atoms with Crippen molar-refractivity contribution in [1.82, 2.24) is 9.97 Å². The number of hydrogen-bond acceptors (Lipinski definition) is 7. The fraction of sp³-hybridized carbons (Fsp3) is 0.208. The van der Waals surface area contributed by atoms with E-state index in [2.05, 4.69) is 4.98 Å². The van der Waals surface area contributed by atoms with Gasteiger partial charge in [-0.15, -0.1) is 0 Å². The Hall–Kier alpha value is -3.65. The third kappa shape index (κ3) is 4.50. The molecule has 2 heterocycles. The average molecular weight is 450 g/mol. The van der Waals surface area contributed by atoms with Crippen LogP contribution in [0.4, 0.5) is 5.13 Å². The van der Waals surface area contributed by atoms with Gasteiger partial charge in [0.25, 0.3) is 5.91 Å². The third-order valence-corrected chi connectivity index (χ3v) is 6.03. The number of carbonyl (C=O) groups excluding carboxylic acids is 1. The van der Waals surface area contributed by atoms with Crippen molar-refractivity contribution in [2.45, 2.75) is 13.5 Å². The lowest BCUT2D eigenvalue weighted by atomic mass is 10.2. The highest BCUT2D eigenvalue weighted by molar-refractivity contribution is 7.22. The number of amides is 1. The molecule has 0 aliphatic heterocycles. The zero-order valence-corrected chi connectivity index (χ0v) is 18.9. The molecule has 2 aromatic heterocycles. The molecule has 1 amide bonds. The Bertz CT molecular complexity index is 1190. The normalized spacial score (nSPS) is 10.7. The van der Waals surface area contributed by atoms with Gasteiger partial charge in [-0.3, -0.25) is 14.7 Å². The Morgan fingerprint density at radius 1 is 1.00 bits per heavy atom. The zero-order chi connectivity index (χ0) is 22.5. The van der Waals surface area contributed by atoms with Gasteiger partial charge in [0.2, 0.25) is 0 Å². The maximum atomic E-state index is 13.3. The molecule has 0 radical (unpaired) electrons. The second kappa shape index (κ2) is 9.65. The Morgan fingerprint density at radius 3 is 2.50 bits per heavy atom. The Balaban J connectivity index is 1.69. The van der Waals surface area contributed by atoms with E-state index in [-0.39, 0.29) is 12.5 Å². The van der Waals surface area contributed by atoms with Gasteiger partial charge in [0.15, 0.2) is 11.7 Å². The Kier molecular flexibility index (Phi) is 6.51. The van der Waals surface area contributed by atoms with Crippen molar-refractivity contribution < 1.29 is 19.0 Å². The predicted octanol–water partition coefficient (Wildman–Crippen LogP) is 4.63. The molecular formula is C24H23N3O4S. The van der Waals surface area contributed by atoms with Crippen molar-refractivity contribution in [3.05, 3.63) is 72.1 Å². The van der Waals surface area contributed by atoms with Crippen LogP contribution in [-0.2, 0) is 11.3 Å². The molecule has 2 aromatic carbocycles. The minimum absolute atomic E-state index is 0.116. The van der Waals surface area contributed by atoms with Crippen molar-refractivity contribution in [1.29, 1.82) is 0 Å². The van der Waals surface area contributed by atoms with Crippen molar-refractivity contribution in [2.75, 3.05) is 25.7 Å². The first-order chi connectivity index (χ1) is 15.6. The van der Waals surface area contributed by atoms with E-state index in [4.69, 9.17) is 19.2 Å². The number of nitrogens with zero attached hydrogens (tertiary/aromatic N) is 3. The number of benzene rings is 2. The first kappa shape index (κ1) is 21.6. The minimum atomic E-state index is -0.214. The first-order valence-corrected chi connectivity index (χ1v) is 10.8. The molecule has 0 bridgehead atoms. The molecule has 0 spiro atoms. The van der Waals surface area contributed by atoms with Gasteiger partial charge in [-0.05, 0) is 42.3 Å². The monoisotopic (exact) mass is 449 g/mol. The number of fused-ring (bicyclic) bond motifs is 1. The number of carbonyl (C=O) groups is 1. The van der Waals surface area contributed by atoms with E-state index in [1.165, 1.54) is 11.3 Å². The van der Waals surface area contributed by atoms with Gasteiger partial charge in [-0.25, -0.2) is 4.98 Å². The van der Waals surface area contributed by atoms with Crippen molar-refractivity contribution in [3.63, 3.8) is 0 Å². The molecule has 0 fully saturated rings. The summed E-state index contributed by atoms with van der Waals surface area (Å²) >= 11 is 1.37. The van der Waals surface area contributed by atoms with Crippen LogP contribution in [0.5, 0.6) is 17.2 Å². The van der Waals surface area contributed by atoms with Crippen LogP contribution in [0, 0.1) is 6.92 Å². The number of para-hydroxylation sites is 1. The number of methoxy groups -OCH3 is 2. The van der Waals surface area contributed by atoms with Crippen LogP contribution in [0.3, 0.4) is 0 Å². The second-order valence-electron chi connectivity index (χ2n) is 7.04. The molecule has 164 valence electrons. The lowest BCUT2D eigenvalue weighted by molar-refractivity contribution is -0.120. The summed E-state index contributed by atoms with van der Waals surface area (Å²) in [5, 5.41) is 0.532. The number of anilines is 1. The number of aromatic nitrogens is 2. The molecule has 8 heteroatoms. The summed E-state index contributed by atoms with van der Waals surface area (Å²) in [6, 6.07) is 15.0. The molecular weight excluding hydrogens is 426 g/mol. The summed E-state index contributed by atoms with van der Waals surface area (Å²) in [4.78, 5) is 23.8. The average Bonchev–Trinajstić information content (AvgIpc) is 3.27. The second-order valence-corrected chi connectivity index (χ2v) is 8.02. The number of rotatable bonds is 8. The van der Waals surface area contributed by atoms with E-state index in [1.807, 2.05) is 49.4 Å². The molecule has 0 saturated heterocycles. The maximum Gasteiger partial charge on any atom is 0.267 e. The molecule has 0 atom stereocenters. The summed E-state index contributed by atoms with van der Waals surface area (Å²) in [6.07, 6.45) is 3.43. The van der Waals surface area contributed by atoms with Gasteiger partial charge in [-0.1, -0.05) is 35.6 Å². The van der Waals surface area contributed by atoms with Crippen LogP contribution >= 0.6 is 11.3 Å². The zero-order valence-electron chi connectivity index (χ0n) is 18.1. The van der Waals surface area contributed by atoms with Crippen LogP contribution in [0.15, 0.2) is 60.9 Å². The smallest absolute Gasteiger partial charge is 0.267 e. The van der Waals surface area contributed by atoms with Crippen LogP contribution in [-0.4, -0.2) is 36.7 Å². The van der Waals surface area contributed by atoms with Gasteiger partial charge >= 0.3 is 0 Å². The number of aryl methyl sites for hydroxylation is 1. The quantitative estimate of drug-likeness (QED) is 0.391. The van der Waals surface area contributed by atoms with Gasteiger partial charge < -0.3 is 14.2 Å². The number of ether oxygens (including phenoxy) is 3. The van der Waals surface area contributed by atoms with E-state index in [0.717, 1.165) is 15.8 Å². The van der Waals surface area contributed by atoms with E-state index in [0.29, 0.717) is 34.4 Å². The lowest BCUT2D eigenvalue weighted by Crippen LogP contribution is -2.34. The highest BCUT2D eigenvalue weighted by atomic mass is 32.1. The van der Waals surface area contributed by atoms with Gasteiger partial charge in [0.1, 0.15) is 27.5 Å². The molecule has 4 aromatic rings.